The van der Waals surface area contributed by atoms with E-state index in [1.807, 2.05) is 25.1 Å². The molecule has 1 heterocycles. The maximum absolute atomic E-state index is 7.83. The van der Waals surface area contributed by atoms with Crippen molar-refractivity contribution in [1.82, 2.24) is 4.98 Å². The Labute approximate surface area is 127 Å². The first-order valence-corrected chi connectivity index (χ1v) is 7.59. The number of rotatable bonds is 3. The van der Waals surface area contributed by atoms with Crippen LogP contribution in [0.2, 0.25) is 0 Å². The molecule has 1 aromatic heterocycles. The largest absolute Gasteiger partial charge is 0.318 e. The van der Waals surface area contributed by atoms with E-state index in [9.17, 15) is 0 Å². The Kier molecular flexibility index (Phi) is 4.16. The summed E-state index contributed by atoms with van der Waals surface area (Å²) in [5.74, 6) is 0.0476. The zero-order valence-corrected chi connectivity index (χ0v) is 13.3. The van der Waals surface area contributed by atoms with E-state index in [4.69, 9.17) is 28.6 Å². The van der Waals surface area contributed by atoms with E-state index in [1.54, 1.807) is 0 Å². The molecule has 96 valence electrons. The molecule has 2 aromatic rings. The van der Waals surface area contributed by atoms with Crippen molar-refractivity contribution in [3.8, 4) is 0 Å². The third-order valence-electron chi connectivity index (χ3n) is 2.39. The van der Waals surface area contributed by atoms with Gasteiger partial charge >= 0.3 is 0 Å². The SMILES string of the molecule is CCC(Cl)(Cl)C(=N)Nc1nc2ccc(Br)cc2s1. The number of anilines is 1. The molecule has 0 bridgehead atoms. The zero-order chi connectivity index (χ0) is 13.3. The Bertz CT molecular complexity index is 597. The second-order valence-corrected chi connectivity index (χ2v) is 7.12. The Morgan fingerprint density at radius 1 is 1.56 bits per heavy atom. The summed E-state index contributed by atoms with van der Waals surface area (Å²) < 4.78 is 0.835. The zero-order valence-electron chi connectivity index (χ0n) is 9.43. The van der Waals surface area contributed by atoms with Crippen LogP contribution in [0.5, 0.6) is 0 Å². The van der Waals surface area contributed by atoms with Gasteiger partial charge in [-0.1, -0.05) is 57.4 Å². The van der Waals surface area contributed by atoms with E-state index in [1.165, 1.54) is 11.3 Å². The molecule has 0 radical (unpaired) electrons. The van der Waals surface area contributed by atoms with Crippen molar-refractivity contribution in [2.24, 2.45) is 0 Å². The van der Waals surface area contributed by atoms with Gasteiger partial charge in [-0.15, -0.1) is 0 Å². The highest BCUT2D eigenvalue weighted by molar-refractivity contribution is 9.10. The highest BCUT2D eigenvalue weighted by Crippen LogP contribution is 2.31. The van der Waals surface area contributed by atoms with Crippen molar-refractivity contribution in [1.29, 1.82) is 5.41 Å². The lowest BCUT2D eigenvalue weighted by molar-refractivity contribution is 0.924. The maximum Gasteiger partial charge on any atom is 0.189 e. The van der Waals surface area contributed by atoms with Gasteiger partial charge in [-0.05, 0) is 24.6 Å². The molecular formula is C11H10BrCl2N3S. The van der Waals surface area contributed by atoms with Gasteiger partial charge in [0.25, 0.3) is 0 Å². The number of hydrogen-bond donors (Lipinski definition) is 2. The first-order chi connectivity index (χ1) is 8.42. The number of nitrogens with zero attached hydrogens (tertiary/aromatic N) is 1. The summed E-state index contributed by atoms with van der Waals surface area (Å²) in [7, 11) is 0. The molecule has 0 aliphatic rings. The standard InChI is InChI=1S/C11H10BrCl2N3S/c1-2-11(13,14)9(15)17-10-16-7-4-3-6(12)5-8(7)18-10/h3-5H,2H2,1H3,(H2,15,16,17). The van der Waals surface area contributed by atoms with Gasteiger partial charge in [0.05, 0.1) is 10.2 Å². The van der Waals surface area contributed by atoms with Crippen LogP contribution in [-0.2, 0) is 0 Å². The fourth-order valence-electron chi connectivity index (χ4n) is 1.33. The normalized spacial score (nSPS) is 11.8. The predicted octanol–water partition coefficient (Wildman–Crippen LogP) is 5.03. The number of fused-ring (bicyclic) bond motifs is 1. The quantitative estimate of drug-likeness (QED) is 0.454. The summed E-state index contributed by atoms with van der Waals surface area (Å²) in [6.07, 6.45) is 0.457. The summed E-state index contributed by atoms with van der Waals surface area (Å²) in [5.41, 5.74) is 0.879. The van der Waals surface area contributed by atoms with Gasteiger partial charge in [-0.25, -0.2) is 4.98 Å². The Hall–Kier alpha value is -0.360. The van der Waals surface area contributed by atoms with Gasteiger partial charge in [0.15, 0.2) is 9.46 Å². The smallest absolute Gasteiger partial charge is 0.189 e. The third-order valence-corrected chi connectivity index (χ3v) is 4.73. The average Bonchev–Trinajstić information content (AvgIpc) is 2.70. The third kappa shape index (κ3) is 2.96. The van der Waals surface area contributed by atoms with Crippen LogP contribution < -0.4 is 5.32 Å². The van der Waals surface area contributed by atoms with E-state index >= 15 is 0 Å². The number of nitrogens with one attached hydrogen (secondary N) is 2. The van der Waals surface area contributed by atoms with E-state index < -0.39 is 4.33 Å². The molecule has 2 N–H and O–H groups in total. The van der Waals surface area contributed by atoms with Gasteiger partial charge in [-0.2, -0.15) is 0 Å². The van der Waals surface area contributed by atoms with Gasteiger partial charge in [0.1, 0.15) is 5.84 Å². The van der Waals surface area contributed by atoms with E-state index in [-0.39, 0.29) is 5.84 Å². The molecule has 0 saturated carbocycles. The van der Waals surface area contributed by atoms with Crippen LogP contribution in [0.3, 0.4) is 0 Å². The molecule has 0 saturated heterocycles. The van der Waals surface area contributed by atoms with Crippen molar-refractivity contribution < 1.29 is 0 Å². The number of thiazole rings is 1. The first-order valence-electron chi connectivity index (χ1n) is 5.22. The second kappa shape index (κ2) is 5.33. The monoisotopic (exact) mass is 365 g/mol. The Morgan fingerprint density at radius 2 is 2.28 bits per heavy atom. The molecule has 0 fully saturated rings. The Morgan fingerprint density at radius 3 is 2.94 bits per heavy atom. The second-order valence-electron chi connectivity index (χ2n) is 3.69. The fraction of sp³-hybridized carbons (Fsp3) is 0.273. The van der Waals surface area contributed by atoms with Crippen molar-refractivity contribution in [3.05, 3.63) is 22.7 Å². The molecule has 3 nitrogen and oxygen atoms in total. The summed E-state index contributed by atoms with van der Waals surface area (Å²) >= 11 is 16.9. The van der Waals surface area contributed by atoms with E-state index in [0.717, 1.165) is 14.7 Å². The minimum Gasteiger partial charge on any atom is -0.318 e. The van der Waals surface area contributed by atoms with Crippen molar-refractivity contribution >= 4 is 71.7 Å². The molecular weight excluding hydrogens is 357 g/mol. The van der Waals surface area contributed by atoms with Crippen molar-refractivity contribution in [2.45, 2.75) is 17.7 Å². The number of benzene rings is 1. The number of hydrogen-bond acceptors (Lipinski definition) is 3. The lowest BCUT2D eigenvalue weighted by atomic mass is 10.3. The van der Waals surface area contributed by atoms with Crippen LogP contribution in [0.25, 0.3) is 10.2 Å². The average molecular weight is 367 g/mol. The summed E-state index contributed by atoms with van der Waals surface area (Å²) in [6.45, 7) is 1.83. The summed E-state index contributed by atoms with van der Waals surface area (Å²) in [5, 5.41) is 11.3. The number of aromatic nitrogens is 1. The highest BCUT2D eigenvalue weighted by Gasteiger charge is 2.28. The fourth-order valence-corrected chi connectivity index (χ4v) is 2.84. The van der Waals surface area contributed by atoms with Crippen molar-refractivity contribution in [3.63, 3.8) is 0 Å². The minimum atomic E-state index is -1.20. The number of amidine groups is 1. The molecule has 0 amide bonds. The maximum atomic E-state index is 7.83. The number of alkyl halides is 2. The van der Waals surface area contributed by atoms with Gasteiger partial charge in [0.2, 0.25) is 0 Å². The van der Waals surface area contributed by atoms with Gasteiger partial charge in [-0.3, -0.25) is 5.41 Å². The van der Waals surface area contributed by atoms with Crippen LogP contribution in [0.1, 0.15) is 13.3 Å². The molecule has 1 aromatic carbocycles. The highest BCUT2D eigenvalue weighted by atomic mass is 79.9. The topological polar surface area (TPSA) is 48.8 Å². The Balaban J connectivity index is 2.25. The molecule has 2 rings (SSSR count). The van der Waals surface area contributed by atoms with Gasteiger partial charge < -0.3 is 5.32 Å². The van der Waals surface area contributed by atoms with E-state index in [2.05, 4.69) is 26.2 Å². The molecule has 0 atom stereocenters. The first kappa shape index (κ1) is 14.1. The molecule has 0 aliphatic heterocycles. The van der Waals surface area contributed by atoms with Crippen LogP contribution in [0.15, 0.2) is 22.7 Å². The molecule has 0 spiro atoms. The van der Waals surface area contributed by atoms with E-state index in [0.29, 0.717) is 11.6 Å². The lowest BCUT2D eigenvalue weighted by Gasteiger charge is -2.18. The summed E-state index contributed by atoms with van der Waals surface area (Å²) in [6, 6.07) is 5.83. The molecule has 0 aliphatic carbocycles. The van der Waals surface area contributed by atoms with Crippen LogP contribution in [0, 0.1) is 5.41 Å². The predicted molar refractivity (Wildman–Crippen MR) is 83.4 cm³/mol. The summed E-state index contributed by atoms with van der Waals surface area (Å²) in [4.78, 5) is 4.37. The van der Waals surface area contributed by atoms with Crippen LogP contribution in [0.4, 0.5) is 5.13 Å². The minimum absolute atomic E-state index is 0.0476. The molecule has 18 heavy (non-hydrogen) atoms. The van der Waals surface area contributed by atoms with Crippen LogP contribution >= 0.6 is 50.5 Å². The number of halogens is 3. The van der Waals surface area contributed by atoms with Gasteiger partial charge in [0, 0.05) is 4.47 Å². The lowest BCUT2D eigenvalue weighted by Crippen LogP contribution is -2.30. The molecule has 0 unspecified atom stereocenters. The van der Waals surface area contributed by atoms with Crippen molar-refractivity contribution in [2.75, 3.05) is 5.32 Å². The van der Waals surface area contributed by atoms with Crippen LogP contribution in [-0.4, -0.2) is 15.2 Å². The molecule has 7 heteroatoms.